The van der Waals surface area contributed by atoms with Crippen molar-refractivity contribution in [2.45, 2.75) is 38.6 Å². The molecule has 1 fully saturated rings. The molecular weight excluding hydrogens is 292 g/mol. The van der Waals surface area contributed by atoms with Gasteiger partial charge in [-0.15, -0.1) is 0 Å². The van der Waals surface area contributed by atoms with E-state index < -0.39 is 5.97 Å². The molecule has 2 aromatic rings. The molecule has 0 unspecified atom stereocenters. The Bertz CT molecular complexity index is 674. The molecule has 1 amide bonds. The fourth-order valence-corrected chi connectivity index (χ4v) is 3.17. The van der Waals surface area contributed by atoms with Gasteiger partial charge in [0.15, 0.2) is 6.61 Å². The van der Waals surface area contributed by atoms with E-state index in [1.807, 2.05) is 24.3 Å². The average molecular weight is 314 g/mol. The number of hydrogen-bond donors (Lipinski definition) is 2. The lowest BCUT2D eigenvalue weighted by Gasteiger charge is -2.29. The predicted octanol–water partition coefficient (Wildman–Crippen LogP) is 3.02. The standard InChI is InChI=1S/C18H22N2O3/c1-12-6-2-4-8-14(12)20-17(21)11-23-18(22)16-10-13-7-3-5-9-15(13)19-16/h3,5,7,9-10,12,14,19H,2,4,6,8,11H2,1H3,(H,20,21)/t12-,14+/m0/s1. The lowest BCUT2D eigenvalue weighted by atomic mass is 9.86. The van der Waals surface area contributed by atoms with Crippen LogP contribution in [0.4, 0.5) is 0 Å². The van der Waals surface area contributed by atoms with Crippen molar-refractivity contribution in [1.29, 1.82) is 0 Å². The van der Waals surface area contributed by atoms with Gasteiger partial charge in [-0.3, -0.25) is 4.79 Å². The van der Waals surface area contributed by atoms with Gasteiger partial charge in [0.1, 0.15) is 5.69 Å². The van der Waals surface area contributed by atoms with E-state index in [0.717, 1.165) is 30.2 Å². The number of benzene rings is 1. The van der Waals surface area contributed by atoms with E-state index in [9.17, 15) is 9.59 Å². The fourth-order valence-electron chi connectivity index (χ4n) is 3.17. The van der Waals surface area contributed by atoms with E-state index in [1.54, 1.807) is 6.07 Å². The van der Waals surface area contributed by atoms with Crippen LogP contribution >= 0.6 is 0 Å². The van der Waals surface area contributed by atoms with Gasteiger partial charge in [-0.25, -0.2) is 4.79 Å². The number of carbonyl (C=O) groups is 2. The zero-order valence-corrected chi connectivity index (χ0v) is 13.3. The molecule has 0 bridgehead atoms. The number of aromatic amines is 1. The second-order valence-corrected chi connectivity index (χ2v) is 6.28. The summed E-state index contributed by atoms with van der Waals surface area (Å²) in [5.41, 5.74) is 1.24. The second-order valence-electron chi connectivity index (χ2n) is 6.28. The monoisotopic (exact) mass is 314 g/mol. The normalized spacial score (nSPS) is 21.1. The molecule has 23 heavy (non-hydrogen) atoms. The summed E-state index contributed by atoms with van der Waals surface area (Å²) in [4.78, 5) is 27.0. The molecule has 1 aliphatic carbocycles. The maximum atomic E-state index is 12.0. The van der Waals surface area contributed by atoms with Crippen molar-refractivity contribution < 1.29 is 14.3 Å². The van der Waals surface area contributed by atoms with Gasteiger partial charge < -0.3 is 15.0 Å². The molecule has 1 aliphatic rings. The molecule has 122 valence electrons. The molecule has 1 saturated carbocycles. The van der Waals surface area contributed by atoms with E-state index in [1.165, 1.54) is 6.42 Å². The van der Waals surface area contributed by atoms with Crippen molar-refractivity contribution in [2.24, 2.45) is 5.92 Å². The molecule has 5 nitrogen and oxygen atoms in total. The predicted molar refractivity (Wildman–Crippen MR) is 88.1 cm³/mol. The highest BCUT2D eigenvalue weighted by Crippen LogP contribution is 2.23. The summed E-state index contributed by atoms with van der Waals surface area (Å²) in [5.74, 6) is -0.252. The first-order valence-corrected chi connectivity index (χ1v) is 8.18. The van der Waals surface area contributed by atoms with E-state index in [0.29, 0.717) is 11.6 Å². The first-order chi connectivity index (χ1) is 11.1. The summed E-state index contributed by atoms with van der Waals surface area (Å²) in [6.45, 7) is 1.91. The third kappa shape index (κ3) is 3.73. The minimum absolute atomic E-state index is 0.197. The highest BCUT2D eigenvalue weighted by atomic mass is 16.5. The van der Waals surface area contributed by atoms with Crippen LogP contribution in [-0.2, 0) is 9.53 Å². The van der Waals surface area contributed by atoms with E-state index in [2.05, 4.69) is 17.2 Å². The maximum absolute atomic E-state index is 12.0. The van der Waals surface area contributed by atoms with Crippen LogP contribution in [0.15, 0.2) is 30.3 Å². The molecule has 0 spiro atoms. The number of aromatic nitrogens is 1. The summed E-state index contributed by atoms with van der Waals surface area (Å²) in [5, 5.41) is 3.92. The van der Waals surface area contributed by atoms with E-state index >= 15 is 0 Å². The zero-order chi connectivity index (χ0) is 16.2. The Morgan fingerprint density at radius 1 is 1.26 bits per heavy atom. The Hall–Kier alpha value is -2.30. The van der Waals surface area contributed by atoms with Crippen LogP contribution in [0.5, 0.6) is 0 Å². The summed E-state index contributed by atoms with van der Waals surface area (Å²) >= 11 is 0. The smallest absolute Gasteiger partial charge is 0.355 e. The minimum Gasteiger partial charge on any atom is -0.451 e. The number of ether oxygens (including phenoxy) is 1. The van der Waals surface area contributed by atoms with Crippen LogP contribution in [0.1, 0.15) is 43.1 Å². The van der Waals surface area contributed by atoms with Crippen molar-refractivity contribution in [3.8, 4) is 0 Å². The molecular formula is C18H22N2O3. The molecule has 0 radical (unpaired) electrons. The minimum atomic E-state index is -0.506. The molecule has 1 heterocycles. The molecule has 2 atom stereocenters. The molecule has 2 N–H and O–H groups in total. The topological polar surface area (TPSA) is 71.2 Å². The summed E-state index contributed by atoms with van der Waals surface area (Å²) in [6.07, 6.45) is 4.51. The lowest BCUT2D eigenvalue weighted by Crippen LogP contribution is -2.42. The number of esters is 1. The molecule has 0 aliphatic heterocycles. The van der Waals surface area contributed by atoms with Gasteiger partial charge in [0, 0.05) is 16.9 Å². The van der Waals surface area contributed by atoms with Gasteiger partial charge in [0.05, 0.1) is 0 Å². The number of hydrogen-bond acceptors (Lipinski definition) is 3. The first kappa shape index (κ1) is 15.6. The molecule has 1 aromatic carbocycles. The van der Waals surface area contributed by atoms with Gasteiger partial charge in [0.25, 0.3) is 5.91 Å². The maximum Gasteiger partial charge on any atom is 0.355 e. The highest BCUT2D eigenvalue weighted by molar-refractivity contribution is 5.95. The summed E-state index contributed by atoms with van der Waals surface area (Å²) < 4.78 is 5.11. The number of rotatable bonds is 4. The number of fused-ring (bicyclic) bond motifs is 1. The van der Waals surface area contributed by atoms with Crippen LogP contribution in [0.3, 0.4) is 0 Å². The Labute approximate surface area is 135 Å². The number of para-hydroxylation sites is 1. The van der Waals surface area contributed by atoms with Crippen molar-refractivity contribution in [2.75, 3.05) is 6.61 Å². The fraction of sp³-hybridized carbons (Fsp3) is 0.444. The molecule has 3 rings (SSSR count). The molecule has 1 aromatic heterocycles. The van der Waals surface area contributed by atoms with Crippen molar-refractivity contribution in [1.82, 2.24) is 10.3 Å². The molecule has 0 saturated heterocycles. The van der Waals surface area contributed by atoms with Gasteiger partial charge in [0.2, 0.25) is 0 Å². The van der Waals surface area contributed by atoms with Gasteiger partial charge in [-0.1, -0.05) is 38.0 Å². The second kappa shape index (κ2) is 6.86. The Morgan fingerprint density at radius 3 is 2.83 bits per heavy atom. The van der Waals surface area contributed by atoms with Crippen LogP contribution in [0, 0.1) is 5.92 Å². The number of carbonyl (C=O) groups excluding carboxylic acids is 2. The first-order valence-electron chi connectivity index (χ1n) is 8.18. The van der Waals surface area contributed by atoms with Crippen LogP contribution in [-0.4, -0.2) is 29.5 Å². The van der Waals surface area contributed by atoms with Crippen LogP contribution in [0.2, 0.25) is 0 Å². The van der Waals surface area contributed by atoms with E-state index in [4.69, 9.17) is 4.74 Å². The Kier molecular flexibility index (Phi) is 4.65. The number of H-pyrrole nitrogens is 1. The quantitative estimate of drug-likeness (QED) is 0.852. The van der Waals surface area contributed by atoms with E-state index in [-0.39, 0.29) is 18.6 Å². The summed E-state index contributed by atoms with van der Waals surface area (Å²) in [7, 11) is 0. The lowest BCUT2D eigenvalue weighted by molar-refractivity contribution is -0.125. The number of amides is 1. The van der Waals surface area contributed by atoms with Gasteiger partial charge >= 0.3 is 5.97 Å². The van der Waals surface area contributed by atoms with Crippen LogP contribution < -0.4 is 5.32 Å². The third-order valence-electron chi connectivity index (χ3n) is 4.54. The van der Waals surface area contributed by atoms with Crippen molar-refractivity contribution in [3.05, 3.63) is 36.0 Å². The molecule has 5 heteroatoms. The van der Waals surface area contributed by atoms with Gasteiger partial charge in [-0.05, 0) is 30.9 Å². The largest absolute Gasteiger partial charge is 0.451 e. The zero-order valence-electron chi connectivity index (χ0n) is 13.3. The third-order valence-corrected chi connectivity index (χ3v) is 4.54. The van der Waals surface area contributed by atoms with Gasteiger partial charge in [-0.2, -0.15) is 0 Å². The van der Waals surface area contributed by atoms with Crippen molar-refractivity contribution in [3.63, 3.8) is 0 Å². The Morgan fingerprint density at radius 2 is 2.04 bits per heavy atom. The Balaban J connectivity index is 1.52. The SMILES string of the molecule is C[C@H]1CCCC[C@H]1NC(=O)COC(=O)c1cc2ccccc2[nH]1. The number of nitrogens with one attached hydrogen (secondary N) is 2. The summed E-state index contributed by atoms with van der Waals surface area (Å²) in [6, 6.07) is 9.54. The average Bonchev–Trinajstić information content (AvgIpc) is 2.99. The van der Waals surface area contributed by atoms with Crippen LogP contribution in [0.25, 0.3) is 10.9 Å². The highest BCUT2D eigenvalue weighted by Gasteiger charge is 2.23. The van der Waals surface area contributed by atoms with Crippen molar-refractivity contribution >= 4 is 22.8 Å².